The Morgan fingerprint density at radius 2 is 2.05 bits per heavy atom. The second kappa shape index (κ2) is 4.84. The topological polar surface area (TPSA) is 47.0 Å². The lowest BCUT2D eigenvalue weighted by Crippen LogP contribution is -2.28. The molecule has 19 heavy (non-hydrogen) atoms. The van der Waals surface area contributed by atoms with Crippen molar-refractivity contribution in [2.45, 2.75) is 50.5 Å². The highest BCUT2D eigenvalue weighted by molar-refractivity contribution is 5.33. The van der Waals surface area contributed by atoms with Crippen LogP contribution in [0.5, 0.6) is 0 Å². The van der Waals surface area contributed by atoms with Crippen molar-refractivity contribution in [2.24, 2.45) is 0 Å². The number of fused-ring (bicyclic) bond motifs is 1. The fourth-order valence-corrected chi connectivity index (χ4v) is 3.21. The van der Waals surface area contributed by atoms with Crippen LogP contribution in [0.15, 0.2) is 0 Å². The van der Waals surface area contributed by atoms with Crippen molar-refractivity contribution in [3.05, 3.63) is 22.8 Å². The molecule has 0 bridgehead atoms. The maximum absolute atomic E-state index is 5.60. The Morgan fingerprint density at radius 3 is 2.84 bits per heavy atom. The average Bonchev–Trinajstić information content (AvgIpc) is 3.32. The Kier molecular flexibility index (Phi) is 3.00. The Morgan fingerprint density at radius 1 is 1.11 bits per heavy atom. The Hall–Kier alpha value is -1.00. The first kappa shape index (κ1) is 11.8. The lowest BCUT2D eigenvalue weighted by molar-refractivity contribution is 0.0779. The molecule has 3 aliphatic rings. The third-order valence-electron chi connectivity index (χ3n) is 4.47. The lowest BCUT2D eigenvalue weighted by atomic mass is 9.98. The quantitative estimate of drug-likeness (QED) is 0.881. The molecule has 0 aromatic carbocycles. The predicted octanol–water partition coefficient (Wildman–Crippen LogP) is 1.89. The molecular formula is C15H21N3O. The van der Waals surface area contributed by atoms with Gasteiger partial charge >= 0.3 is 0 Å². The van der Waals surface area contributed by atoms with Gasteiger partial charge in [-0.2, -0.15) is 0 Å². The van der Waals surface area contributed by atoms with E-state index in [1.54, 1.807) is 0 Å². The van der Waals surface area contributed by atoms with Gasteiger partial charge < -0.3 is 10.1 Å². The van der Waals surface area contributed by atoms with E-state index in [2.05, 4.69) is 5.32 Å². The molecule has 3 heterocycles. The van der Waals surface area contributed by atoms with E-state index in [0.29, 0.717) is 11.8 Å². The SMILES string of the molecule is C1COCC(c2nc3c(c(C4CC4)n2)CNCC3)C1. The zero-order chi connectivity index (χ0) is 12.7. The van der Waals surface area contributed by atoms with Gasteiger partial charge in [0, 0.05) is 43.5 Å². The van der Waals surface area contributed by atoms with Gasteiger partial charge in [-0.1, -0.05) is 0 Å². The van der Waals surface area contributed by atoms with Gasteiger partial charge in [0.15, 0.2) is 0 Å². The summed E-state index contributed by atoms with van der Waals surface area (Å²) in [5, 5.41) is 3.46. The summed E-state index contributed by atoms with van der Waals surface area (Å²) in [4.78, 5) is 9.82. The van der Waals surface area contributed by atoms with Crippen LogP contribution in [0.25, 0.3) is 0 Å². The number of hydrogen-bond donors (Lipinski definition) is 1. The minimum absolute atomic E-state index is 0.423. The van der Waals surface area contributed by atoms with Crippen LogP contribution in [0, 0.1) is 0 Å². The van der Waals surface area contributed by atoms with Gasteiger partial charge in [-0.3, -0.25) is 0 Å². The summed E-state index contributed by atoms with van der Waals surface area (Å²) in [6.07, 6.45) is 6.00. The summed E-state index contributed by atoms with van der Waals surface area (Å²) in [7, 11) is 0. The maximum Gasteiger partial charge on any atom is 0.134 e. The number of ether oxygens (including phenoxy) is 1. The second-order valence-electron chi connectivity index (χ2n) is 6.01. The zero-order valence-corrected chi connectivity index (χ0v) is 11.3. The number of nitrogens with zero attached hydrogens (tertiary/aromatic N) is 2. The molecule has 102 valence electrons. The van der Waals surface area contributed by atoms with Gasteiger partial charge in [0.2, 0.25) is 0 Å². The molecule has 1 N–H and O–H groups in total. The molecule has 0 amide bonds. The molecule has 2 aliphatic heterocycles. The van der Waals surface area contributed by atoms with Crippen LogP contribution in [0.1, 0.15) is 60.3 Å². The number of hydrogen-bond acceptors (Lipinski definition) is 4. The molecule has 0 radical (unpaired) electrons. The van der Waals surface area contributed by atoms with Crippen LogP contribution in [0.4, 0.5) is 0 Å². The summed E-state index contributed by atoms with van der Waals surface area (Å²) in [5.74, 6) is 2.19. The Labute approximate surface area is 114 Å². The monoisotopic (exact) mass is 259 g/mol. The molecule has 4 rings (SSSR count). The van der Waals surface area contributed by atoms with E-state index in [1.165, 1.54) is 36.2 Å². The van der Waals surface area contributed by atoms with E-state index in [0.717, 1.165) is 45.0 Å². The van der Waals surface area contributed by atoms with Gasteiger partial charge in [-0.25, -0.2) is 9.97 Å². The fourth-order valence-electron chi connectivity index (χ4n) is 3.21. The molecule has 1 saturated heterocycles. The standard InChI is InChI=1S/C15H21N3O/c1-2-11(9-19-7-1)15-17-13-5-6-16-8-12(13)14(18-15)10-3-4-10/h10-11,16H,1-9H2. The Balaban J connectivity index is 1.72. The Bertz CT molecular complexity index is 479. The van der Waals surface area contributed by atoms with E-state index in [9.17, 15) is 0 Å². The molecule has 0 spiro atoms. The van der Waals surface area contributed by atoms with Crippen molar-refractivity contribution in [1.29, 1.82) is 0 Å². The third kappa shape index (κ3) is 2.28. The van der Waals surface area contributed by atoms with Crippen molar-refractivity contribution in [3.63, 3.8) is 0 Å². The molecule has 4 heteroatoms. The largest absolute Gasteiger partial charge is 0.381 e. The van der Waals surface area contributed by atoms with Crippen LogP contribution in [-0.2, 0) is 17.7 Å². The van der Waals surface area contributed by atoms with Gasteiger partial charge in [0.05, 0.1) is 18.0 Å². The van der Waals surface area contributed by atoms with Crippen LogP contribution in [0.2, 0.25) is 0 Å². The van der Waals surface area contributed by atoms with E-state index in [4.69, 9.17) is 14.7 Å². The molecule has 1 saturated carbocycles. The van der Waals surface area contributed by atoms with Crippen LogP contribution in [-0.4, -0.2) is 29.7 Å². The molecule has 1 aliphatic carbocycles. The normalized spacial score (nSPS) is 27.1. The molecular weight excluding hydrogens is 238 g/mol. The smallest absolute Gasteiger partial charge is 0.134 e. The molecule has 1 aromatic heterocycles. The molecule has 4 nitrogen and oxygen atoms in total. The van der Waals surface area contributed by atoms with Crippen molar-refractivity contribution < 1.29 is 4.74 Å². The van der Waals surface area contributed by atoms with Crippen molar-refractivity contribution in [3.8, 4) is 0 Å². The van der Waals surface area contributed by atoms with Gasteiger partial charge in [0.25, 0.3) is 0 Å². The molecule has 1 atom stereocenters. The summed E-state index contributed by atoms with van der Waals surface area (Å²) >= 11 is 0. The minimum atomic E-state index is 0.423. The van der Waals surface area contributed by atoms with E-state index >= 15 is 0 Å². The first-order valence-electron chi connectivity index (χ1n) is 7.60. The number of rotatable bonds is 2. The van der Waals surface area contributed by atoms with Gasteiger partial charge in [0.1, 0.15) is 5.82 Å². The molecule has 1 aromatic rings. The first-order valence-corrected chi connectivity index (χ1v) is 7.60. The van der Waals surface area contributed by atoms with Crippen molar-refractivity contribution >= 4 is 0 Å². The van der Waals surface area contributed by atoms with E-state index < -0.39 is 0 Å². The van der Waals surface area contributed by atoms with Crippen molar-refractivity contribution in [1.82, 2.24) is 15.3 Å². The third-order valence-corrected chi connectivity index (χ3v) is 4.47. The summed E-state index contributed by atoms with van der Waals surface area (Å²) in [6.45, 7) is 3.72. The summed E-state index contributed by atoms with van der Waals surface area (Å²) < 4.78 is 5.60. The second-order valence-corrected chi connectivity index (χ2v) is 6.01. The van der Waals surface area contributed by atoms with Crippen LogP contribution in [0.3, 0.4) is 0 Å². The van der Waals surface area contributed by atoms with Gasteiger partial charge in [-0.15, -0.1) is 0 Å². The number of nitrogens with one attached hydrogen (secondary N) is 1. The highest BCUT2D eigenvalue weighted by Crippen LogP contribution is 2.42. The highest BCUT2D eigenvalue weighted by atomic mass is 16.5. The fraction of sp³-hybridized carbons (Fsp3) is 0.733. The minimum Gasteiger partial charge on any atom is -0.381 e. The molecule has 2 fully saturated rings. The number of aromatic nitrogens is 2. The lowest BCUT2D eigenvalue weighted by Gasteiger charge is -2.25. The summed E-state index contributed by atoms with van der Waals surface area (Å²) in [6, 6.07) is 0. The highest BCUT2D eigenvalue weighted by Gasteiger charge is 2.32. The van der Waals surface area contributed by atoms with E-state index in [1.807, 2.05) is 0 Å². The van der Waals surface area contributed by atoms with Crippen LogP contribution >= 0.6 is 0 Å². The average molecular weight is 259 g/mol. The van der Waals surface area contributed by atoms with Gasteiger partial charge in [-0.05, 0) is 25.7 Å². The van der Waals surface area contributed by atoms with Crippen molar-refractivity contribution in [2.75, 3.05) is 19.8 Å². The van der Waals surface area contributed by atoms with E-state index in [-0.39, 0.29) is 0 Å². The van der Waals surface area contributed by atoms with Crippen LogP contribution < -0.4 is 5.32 Å². The zero-order valence-electron chi connectivity index (χ0n) is 11.3. The summed E-state index contributed by atoms with van der Waals surface area (Å²) in [5.41, 5.74) is 4.04. The first-order chi connectivity index (χ1) is 9.42. The molecule has 1 unspecified atom stereocenters. The maximum atomic E-state index is 5.60. The predicted molar refractivity (Wildman–Crippen MR) is 72.2 cm³/mol.